The van der Waals surface area contributed by atoms with Crippen molar-refractivity contribution in [2.45, 2.75) is 13.5 Å². The zero-order valence-corrected chi connectivity index (χ0v) is 13.0. The SMILES string of the molecule is CC(C(=O)O)C(=O)C(=N)c1ccc(OCc2ccc(F)cc2)cc1. The van der Waals surface area contributed by atoms with E-state index >= 15 is 0 Å². The monoisotopic (exact) mass is 329 g/mol. The summed E-state index contributed by atoms with van der Waals surface area (Å²) < 4.78 is 18.4. The Balaban J connectivity index is 1.99. The second kappa shape index (κ2) is 7.50. The first kappa shape index (κ1) is 17.3. The van der Waals surface area contributed by atoms with Crippen molar-refractivity contribution in [3.63, 3.8) is 0 Å². The van der Waals surface area contributed by atoms with Crippen LogP contribution >= 0.6 is 0 Å². The fourth-order valence-electron chi connectivity index (χ4n) is 1.94. The van der Waals surface area contributed by atoms with E-state index < -0.39 is 17.7 Å². The van der Waals surface area contributed by atoms with Crippen molar-refractivity contribution in [1.82, 2.24) is 0 Å². The molecule has 0 fully saturated rings. The number of hydrogen-bond donors (Lipinski definition) is 2. The van der Waals surface area contributed by atoms with Gasteiger partial charge in [-0.2, -0.15) is 0 Å². The Kier molecular flexibility index (Phi) is 5.42. The molecule has 1 atom stereocenters. The van der Waals surface area contributed by atoms with Gasteiger partial charge < -0.3 is 9.84 Å². The zero-order chi connectivity index (χ0) is 17.7. The molecule has 0 saturated heterocycles. The highest BCUT2D eigenvalue weighted by Gasteiger charge is 2.25. The van der Waals surface area contributed by atoms with Crippen LogP contribution in [0.4, 0.5) is 4.39 Å². The molecular formula is C18H16FNO4. The van der Waals surface area contributed by atoms with Crippen LogP contribution in [0.5, 0.6) is 5.75 Å². The smallest absolute Gasteiger partial charge is 0.314 e. The number of ether oxygens (including phenoxy) is 1. The Morgan fingerprint density at radius 1 is 1.12 bits per heavy atom. The van der Waals surface area contributed by atoms with Crippen molar-refractivity contribution < 1.29 is 23.8 Å². The molecule has 2 rings (SSSR count). The van der Waals surface area contributed by atoms with Gasteiger partial charge in [0, 0.05) is 5.56 Å². The number of carbonyl (C=O) groups excluding carboxylic acids is 1. The lowest BCUT2D eigenvalue weighted by Crippen LogP contribution is -2.27. The van der Waals surface area contributed by atoms with Gasteiger partial charge in [0.1, 0.15) is 29.8 Å². The van der Waals surface area contributed by atoms with Crippen LogP contribution in [0, 0.1) is 17.1 Å². The minimum absolute atomic E-state index is 0.256. The largest absolute Gasteiger partial charge is 0.489 e. The molecule has 24 heavy (non-hydrogen) atoms. The van der Waals surface area contributed by atoms with Crippen LogP contribution in [-0.2, 0) is 16.2 Å². The van der Waals surface area contributed by atoms with E-state index in [-0.39, 0.29) is 18.1 Å². The number of benzene rings is 2. The van der Waals surface area contributed by atoms with Gasteiger partial charge in [-0.15, -0.1) is 0 Å². The number of carboxylic acid groups (broad SMARTS) is 1. The molecule has 0 aliphatic carbocycles. The molecule has 0 aliphatic heterocycles. The van der Waals surface area contributed by atoms with Gasteiger partial charge in [-0.05, 0) is 48.9 Å². The summed E-state index contributed by atoms with van der Waals surface area (Å²) in [6.07, 6.45) is 0. The molecule has 6 heteroatoms. The number of carbonyl (C=O) groups is 2. The van der Waals surface area contributed by atoms with Crippen LogP contribution in [0.2, 0.25) is 0 Å². The predicted octanol–water partition coefficient (Wildman–Crippen LogP) is 3.06. The van der Waals surface area contributed by atoms with E-state index in [0.29, 0.717) is 11.3 Å². The topological polar surface area (TPSA) is 87.5 Å². The molecule has 124 valence electrons. The molecule has 0 bridgehead atoms. The Labute approximate surface area is 138 Å². The summed E-state index contributed by atoms with van der Waals surface area (Å²) in [5.41, 5.74) is 0.774. The second-order valence-electron chi connectivity index (χ2n) is 5.24. The molecule has 0 aliphatic rings. The number of halogens is 1. The Morgan fingerprint density at radius 2 is 1.71 bits per heavy atom. The first-order valence-corrected chi connectivity index (χ1v) is 7.21. The van der Waals surface area contributed by atoms with Gasteiger partial charge in [0.2, 0.25) is 0 Å². The van der Waals surface area contributed by atoms with Crippen molar-refractivity contribution in [1.29, 1.82) is 5.41 Å². The molecule has 0 aromatic heterocycles. The van der Waals surface area contributed by atoms with Gasteiger partial charge in [-0.25, -0.2) is 4.39 Å². The maximum absolute atomic E-state index is 12.8. The average molecular weight is 329 g/mol. The molecule has 0 saturated carbocycles. The van der Waals surface area contributed by atoms with Gasteiger partial charge in [0.15, 0.2) is 5.78 Å². The van der Waals surface area contributed by atoms with Gasteiger partial charge in [0.05, 0.1) is 0 Å². The summed E-state index contributed by atoms with van der Waals surface area (Å²) in [6.45, 7) is 1.51. The van der Waals surface area contributed by atoms with Crippen molar-refractivity contribution >= 4 is 17.5 Å². The molecule has 0 spiro atoms. The van der Waals surface area contributed by atoms with Crippen LogP contribution < -0.4 is 4.74 Å². The molecule has 2 N–H and O–H groups in total. The van der Waals surface area contributed by atoms with Crippen LogP contribution in [0.15, 0.2) is 48.5 Å². The second-order valence-corrected chi connectivity index (χ2v) is 5.24. The highest BCUT2D eigenvalue weighted by molar-refractivity contribution is 6.47. The van der Waals surface area contributed by atoms with E-state index in [1.54, 1.807) is 24.3 Å². The van der Waals surface area contributed by atoms with Crippen molar-refractivity contribution in [3.8, 4) is 5.75 Å². The predicted molar refractivity (Wildman–Crippen MR) is 85.8 cm³/mol. The molecule has 5 nitrogen and oxygen atoms in total. The Bertz CT molecular complexity index is 754. The van der Waals surface area contributed by atoms with E-state index in [1.807, 2.05) is 0 Å². The number of aliphatic carboxylic acids is 1. The van der Waals surface area contributed by atoms with E-state index in [0.717, 1.165) is 5.56 Å². The van der Waals surface area contributed by atoms with E-state index in [2.05, 4.69) is 0 Å². The van der Waals surface area contributed by atoms with Gasteiger partial charge in [-0.1, -0.05) is 12.1 Å². The van der Waals surface area contributed by atoms with E-state index in [4.69, 9.17) is 15.3 Å². The number of rotatable bonds is 7. The average Bonchev–Trinajstić information content (AvgIpc) is 2.59. The number of carboxylic acids is 1. The van der Waals surface area contributed by atoms with Crippen LogP contribution in [0.1, 0.15) is 18.1 Å². The highest BCUT2D eigenvalue weighted by Crippen LogP contribution is 2.16. The lowest BCUT2D eigenvalue weighted by molar-refractivity contribution is -0.143. The Morgan fingerprint density at radius 3 is 2.25 bits per heavy atom. The van der Waals surface area contributed by atoms with Crippen LogP contribution in [-0.4, -0.2) is 22.6 Å². The van der Waals surface area contributed by atoms with Crippen LogP contribution in [0.25, 0.3) is 0 Å². The number of nitrogens with one attached hydrogen (secondary N) is 1. The summed E-state index contributed by atoms with van der Waals surface area (Å²) in [5.74, 6) is -3.06. The van der Waals surface area contributed by atoms with Gasteiger partial charge in [0.25, 0.3) is 0 Å². The summed E-state index contributed by atoms with van der Waals surface area (Å²) in [5, 5.41) is 16.6. The maximum Gasteiger partial charge on any atom is 0.314 e. The molecular weight excluding hydrogens is 313 g/mol. The summed E-state index contributed by atoms with van der Waals surface area (Å²) >= 11 is 0. The van der Waals surface area contributed by atoms with Gasteiger partial charge >= 0.3 is 5.97 Å². The van der Waals surface area contributed by atoms with Gasteiger partial charge in [-0.3, -0.25) is 15.0 Å². The molecule has 1 unspecified atom stereocenters. The van der Waals surface area contributed by atoms with Crippen LogP contribution in [0.3, 0.4) is 0 Å². The summed E-state index contributed by atoms with van der Waals surface area (Å²) in [4.78, 5) is 22.7. The normalized spacial score (nSPS) is 11.6. The third kappa shape index (κ3) is 4.25. The van der Waals surface area contributed by atoms with Crippen molar-refractivity contribution in [3.05, 3.63) is 65.5 Å². The minimum atomic E-state index is -1.26. The minimum Gasteiger partial charge on any atom is -0.489 e. The first-order chi connectivity index (χ1) is 11.4. The van der Waals surface area contributed by atoms with Crippen molar-refractivity contribution in [2.24, 2.45) is 5.92 Å². The molecule has 2 aromatic carbocycles. The lowest BCUT2D eigenvalue weighted by Gasteiger charge is -2.09. The Hall–Kier alpha value is -3.02. The maximum atomic E-state index is 12.8. The lowest BCUT2D eigenvalue weighted by atomic mass is 9.97. The standard InChI is InChI=1S/C18H16FNO4/c1-11(18(22)23)17(21)16(20)13-4-8-15(9-5-13)24-10-12-2-6-14(19)7-3-12/h2-9,11,20H,10H2,1H3,(H,22,23). The van der Waals surface area contributed by atoms with Crippen molar-refractivity contribution in [2.75, 3.05) is 0 Å². The highest BCUT2D eigenvalue weighted by atomic mass is 19.1. The quantitative estimate of drug-likeness (QED) is 0.604. The molecule has 0 radical (unpaired) electrons. The molecule has 2 aromatic rings. The number of hydrogen-bond acceptors (Lipinski definition) is 4. The zero-order valence-electron chi connectivity index (χ0n) is 13.0. The first-order valence-electron chi connectivity index (χ1n) is 7.21. The number of ketones is 1. The number of Topliss-reactive ketones (excluding diaryl/α,β-unsaturated/α-hetero) is 1. The third-order valence-corrected chi connectivity index (χ3v) is 3.47. The summed E-state index contributed by atoms with van der Waals surface area (Å²) in [7, 11) is 0. The van der Waals surface area contributed by atoms with E-state index in [1.165, 1.54) is 31.2 Å². The third-order valence-electron chi connectivity index (χ3n) is 3.47. The molecule has 0 heterocycles. The summed E-state index contributed by atoms with van der Waals surface area (Å²) in [6, 6.07) is 12.1. The molecule has 0 amide bonds. The fraction of sp³-hybridized carbons (Fsp3) is 0.167. The fourth-order valence-corrected chi connectivity index (χ4v) is 1.94. The van der Waals surface area contributed by atoms with E-state index in [9.17, 15) is 14.0 Å².